The summed E-state index contributed by atoms with van der Waals surface area (Å²) < 4.78 is 0. The highest BCUT2D eigenvalue weighted by molar-refractivity contribution is 5.81. The Balaban J connectivity index is 1.55. The smallest absolute Gasteiger partial charge is 0.274 e. The number of nitrogens with zero attached hydrogens (tertiary/aromatic N) is 2. The second-order valence-corrected chi connectivity index (χ2v) is 8.14. The number of anilines is 2. The fourth-order valence-corrected chi connectivity index (χ4v) is 4.96. The van der Waals surface area contributed by atoms with Crippen LogP contribution in [0.15, 0.2) is 18.5 Å². The molecule has 0 radical (unpaired) electrons. The molecular formula is C20H28N4O2. The lowest BCUT2D eigenvalue weighted by Crippen LogP contribution is -2.40. The number of likely N-dealkylation sites (tertiary alicyclic amines) is 1. The first-order chi connectivity index (χ1) is 12.6. The van der Waals surface area contributed by atoms with Crippen LogP contribution < -0.4 is 10.6 Å². The number of hydrogen-bond acceptors (Lipinski definition) is 5. The molecule has 26 heavy (non-hydrogen) atoms. The molecule has 0 amide bonds. The first-order valence-electron chi connectivity index (χ1n) is 9.79. The molecule has 0 bridgehead atoms. The number of rotatable bonds is 3. The van der Waals surface area contributed by atoms with E-state index in [1.807, 2.05) is 13.1 Å². The van der Waals surface area contributed by atoms with Gasteiger partial charge in [0.15, 0.2) is 0 Å². The fraction of sp³-hybridized carbons (Fsp3) is 0.600. The Morgan fingerprint density at radius 2 is 1.81 bits per heavy atom. The first kappa shape index (κ1) is 17.3. The summed E-state index contributed by atoms with van der Waals surface area (Å²) >= 11 is 0. The summed E-state index contributed by atoms with van der Waals surface area (Å²) in [4.78, 5) is 13.7. The van der Waals surface area contributed by atoms with Crippen LogP contribution in [0.3, 0.4) is 0 Å². The van der Waals surface area contributed by atoms with Crippen LogP contribution in [0, 0.1) is 22.5 Å². The van der Waals surface area contributed by atoms with Gasteiger partial charge in [-0.25, -0.2) is 0 Å². The van der Waals surface area contributed by atoms with E-state index in [1.54, 1.807) is 12.3 Å². The van der Waals surface area contributed by atoms with Crippen molar-refractivity contribution in [1.29, 1.82) is 0 Å². The van der Waals surface area contributed by atoms with Gasteiger partial charge < -0.3 is 10.6 Å². The molecule has 1 saturated heterocycles. The van der Waals surface area contributed by atoms with Crippen LogP contribution in [0.25, 0.3) is 0 Å². The lowest BCUT2D eigenvalue weighted by atomic mass is 9.68. The Kier molecular flexibility index (Phi) is 4.61. The molecule has 1 saturated carbocycles. The van der Waals surface area contributed by atoms with Gasteiger partial charge in [0.25, 0.3) is 5.69 Å². The Morgan fingerprint density at radius 1 is 1.12 bits per heavy atom. The Morgan fingerprint density at radius 3 is 2.50 bits per heavy atom. The summed E-state index contributed by atoms with van der Waals surface area (Å²) in [5, 5.41) is 17.9. The van der Waals surface area contributed by atoms with E-state index in [1.165, 1.54) is 44.9 Å². The summed E-state index contributed by atoms with van der Waals surface area (Å²) in [6, 6.07) is 1.64. The zero-order valence-corrected chi connectivity index (χ0v) is 15.5. The van der Waals surface area contributed by atoms with E-state index >= 15 is 0 Å². The molecule has 3 aliphatic rings. The van der Waals surface area contributed by atoms with Crippen molar-refractivity contribution < 1.29 is 4.92 Å². The van der Waals surface area contributed by atoms with E-state index in [0.29, 0.717) is 5.41 Å². The van der Waals surface area contributed by atoms with Gasteiger partial charge in [-0.3, -0.25) is 15.0 Å². The minimum atomic E-state index is -0.271. The second-order valence-electron chi connectivity index (χ2n) is 8.14. The third-order valence-corrected chi connectivity index (χ3v) is 6.65. The average molecular weight is 356 g/mol. The van der Waals surface area contributed by atoms with Gasteiger partial charge in [0.2, 0.25) is 0 Å². The molecule has 1 spiro atoms. The highest BCUT2D eigenvalue weighted by atomic mass is 16.6. The Labute approximate surface area is 154 Å². The molecule has 2 aliphatic heterocycles. The molecule has 0 atom stereocenters. The van der Waals surface area contributed by atoms with Gasteiger partial charge in [-0.15, -0.1) is 0 Å². The molecular weight excluding hydrogens is 328 g/mol. The minimum absolute atomic E-state index is 0.198. The SMILES string of the molecule is Cc1c([N+](=O)[O-])cc2c(c1CN1CCC3(CCCCC3)CC1)NC=CN2. The Hall–Kier alpha value is -2.08. The number of nitro groups is 1. The van der Waals surface area contributed by atoms with Crippen LogP contribution in [-0.2, 0) is 6.54 Å². The lowest BCUT2D eigenvalue weighted by Gasteiger charge is -2.44. The summed E-state index contributed by atoms with van der Waals surface area (Å²) in [6.07, 6.45) is 13.1. The van der Waals surface area contributed by atoms with Crippen molar-refractivity contribution in [2.45, 2.75) is 58.4 Å². The van der Waals surface area contributed by atoms with Crippen molar-refractivity contribution in [2.24, 2.45) is 5.41 Å². The number of benzene rings is 1. The molecule has 0 unspecified atom stereocenters. The molecule has 1 aromatic carbocycles. The van der Waals surface area contributed by atoms with E-state index in [2.05, 4.69) is 15.5 Å². The van der Waals surface area contributed by atoms with E-state index in [4.69, 9.17) is 0 Å². The molecule has 0 aromatic heterocycles. The maximum Gasteiger partial charge on any atom is 0.274 e. The molecule has 6 heteroatoms. The van der Waals surface area contributed by atoms with Crippen LogP contribution >= 0.6 is 0 Å². The van der Waals surface area contributed by atoms with E-state index in [9.17, 15) is 10.1 Å². The van der Waals surface area contributed by atoms with Gasteiger partial charge in [-0.1, -0.05) is 19.3 Å². The standard InChI is InChI=1S/C20H28N4O2/c1-15-16(19-17(21-9-10-22-19)13-18(15)24(25)26)14-23-11-7-20(8-12-23)5-3-2-4-6-20/h9-10,13,21-22H,2-8,11-12,14H2,1H3. The largest absolute Gasteiger partial charge is 0.358 e. The monoisotopic (exact) mass is 356 g/mol. The highest BCUT2D eigenvalue weighted by Gasteiger charge is 2.36. The predicted octanol–water partition coefficient (Wildman–Crippen LogP) is 4.76. The third kappa shape index (κ3) is 3.18. The molecule has 6 nitrogen and oxygen atoms in total. The molecule has 140 valence electrons. The zero-order chi connectivity index (χ0) is 18.1. The maximum atomic E-state index is 11.5. The van der Waals surface area contributed by atoms with Crippen LogP contribution in [0.4, 0.5) is 17.1 Å². The molecule has 2 heterocycles. The van der Waals surface area contributed by atoms with Gasteiger partial charge in [0.1, 0.15) is 0 Å². The number of nitrogens with one attached hydrogen (secondary N) is 2. The summed E-state index contributed by atoms with van der Waals surface area (Å²) in [6.45, 7) is 4.84. The highest BCUT2D eigenvalue weighted by Crippen LogP contribution is 2.45. The van der Waals surface area contributed by atoms with Gasteiger partial charge in [-0.05, 0) is 51.1 Å². The van der Waals surface area contributed by atoms with Crippen LogP contribution in [0.1, 0.15) is 56.1 Å². The number of fused-ring (bicyclic) bond motifs is 1. The quantitative estimate of drug-likeness (QED) is 0.604. The topological polar surface area (TPSA) is 70.4 Å². The van der Waals surface area contributed by atoms with Gasteiger partial charge >= 0.3 is 0 Å². The third-order valence-electron chi connectivity index (χ3n) is 6.65. The molecule has 1 aliphatic carbocycles. The van der Waals surface area contributed by atoms with Gasteiger partial charge in [0, 0.05) is 36.1 Å². The molecule has 2 fully saturated rings. The lowest BCUT2D eigenvalue weighted by molar-refractivity contribution is -0.385. The van der Waals surface area contributed by atoms with Gasteiger partial charge in [0.05, 0.1) is 16.3 Å². The van der Waals surface area contributed by atoms with Gasteiger partial charge in [-0.2, -0.15) is 0 Å². The summed E-state index contributed by atoms with van der Waals surface area (Å²) in [7, 11) is 0. The fourth-order valence-electron chi connectivity index (χ4n) is 4.96. The molecule has 2 N–H and O–H groups in total. The number of hydrogen-bond donors (Lipinski definition) is 2. The van der Waals surface area contributed by atoms with Crippen LogP contribution in [0.2, 0.25) is 0 Å². The van der Waals surface area contributed by atoms with E-state index < -0.39 is 0 Å². The first-order valence-corrected chi connectivity index (χ1v) is 9.79. The van der Waals surface area contributed by atoms with Crippen molar-refractivity contribution in [2.75, 3.05) is 23.7 Å². The average Bonchev–Trinajstić information content (AvgIpc) is 2.66. The van der Waals surface area contributed by atoms with Crippen molar-refractivity contribution in [3.05, 3.63) is 39.7 Å². The van der Waals surface area contributed by atoms with Crippen LogP contribution in [-0.4, -0.2) is 22.9 Å². The number of nitro benzene ring substituents is 1. The zero-order valence-electron chi connectivity index (χ0n) is 15.5. The normalized spacial score (nSPS) is 21.7. The maximum absolute atomic E-state index is 11.5. The Bertz CT molecular complexity index is 728. The predicted molar refractivity (Wildman–Crippen MR) is 104 cm³/mol. The van der Waals surface area contributed by atoms with Crippen LogP contribution in [0.5, 0.6) is 0 Å². The second kappa shape index (κ2) is 6.91. The van der Waals surface area contributed by atoms with Crippen molar-refractivity contribution in [1.82, 2.24) is 4.90 Å². The number of piperidine rings is 1. The summed E-state index contributed by atoms with van der Waals surface area (Å²) in [5.41, 5.74) is 4.37. The molecule has 4 rings (SSSR count). The minimum Gasteiger partial charge on any atom is -0.358 e. The van der Waals surface area contributed by atoms with E-state index in [-0.39, 0.29) is 10.6 Å². The summed E-state index contributed by atoms with van der Waals surface area (Å²) in [5.74, 6) is 0. The van der Waals surface area contributed by atoms with Crippen molar-refractivity contribution in [3.63, 3.8) is 0 Å². The molecule has 1 aromatic rings. The van der Waals surface area contributed by atoms with Crippen molar-refractivity contribution >= 4 is 17.1 Å². The van der Waals surface area contributed by atoms with Crippen molar-refractivity contribution in [3.8, 4) is 0 Å². The van der Waals surface area contributed by atoms with E-state index in [0.717, 1.165) is 42.1 Å².